The van der Waals surface area contributed by atoms with Crippen molar-refractivity contribution >= 4 is 65.6 Å². The third-order valence-electron chi connectivity index (χ3n) is 24.1. The number of halogens is 3. The summed E-state index contributed by atoms with van der Waals surface area (Å²) in [7, 11) is 7.81. The molecule has 3 saturated carbocycles. The number of carbonyl (C=O) groups excluding carboxylic acids is 2. The maximum absolute atomic E-state index is 14.1. The van der Waals surface area contributed by atoms with Gasteiger partial charge in [-0.2, -0.15) is 0 Å². The number of aliphatic hydroxyl groups is 6. The fourth-order valence-electron chi connectivity index (χ4n) is 18.3. The maximum Gasteiger partial charge on any atom is 0.310 e. The van der Waals surface area contributed by atoms with Crippen LogP contribution >= 0.6 is 47.8 Å². The van der Waals surface area contributed by atoms with Gasteiger partial charge in [0.1, 0.15) is 52.8 Å². The molecule has 6 aromatic carbocycles. The van der Waals surface area contributed by atoms with Crippen LogP contribution in [0.2, 0.25) is 0 Å². The molecule has 0 spiro atoms. The van der Waals surface area contributed by atoms with Crippen LogP contribution < -0.4 is 28.4 Å². The van der Waals surface area contributed by atoms with Gasteiger partial charge in [0.25, 0.3) is 0 Å². The SMILES string of the molecule is C.CCC1COC1.COc1cncc2c1[C@]1(O)[C@H](O)[C@H](C(=O)N(C)C3COC3)[C@@H](c3ccccc3)[C@]1(c1ccc(Br)cc1)O2.COc1cncc2c1[C@]1(O)[C@H](O)[C@H](C(=O)N(C)C3COC3)[C@@H](c3ccccc3)[C@]1(c1ccc(Br)cc1)O2.COc1cncc2c1[C@]1(O)[C@H](O)[C@H](C(=O)O)[C@@H](c3ccccc3)[C@]1(c1ccc(Br)cc1)O2. The summed E-state index contributed by atoms with van der Waals surface area (Å²) < 4.78 is 54.6. The largest absolute Gasteiger partial charge is 0.495 e. The lowest BCUT2D eigenvalue weighted by Crippen LogP contribution is -2.53. The fourth-order valence-corrected chi connectivity index (χ4v) is 19.1. The van der Waals surface area contributed by atoms with Crippen LogP contribution in [0.5, 0.6) is 34.5 Å². The van der Waals surface area contributed by atoms with Crippen LogP contribution in [-0.4, -0.2) is 184 Å². The van der Waals surface area contributed by atoms with Crippen LogP contribution in [-0.2, 0) is 62.2 Å². The van der Waals surface area contributed by atoms with E-state index >= 15 is 0 Å². The van der Waals surface area contributed by atoms with E-state index in [9.17, 15) is 50.1 Å². The minimum Gasteiger partial charge on any atom is -0.495 e. The molecule has 7 N–H and O–H groups in total. The van der Waals surface area contributed by atoms with E-state index in [2.05, 4.69) is 69.7 Å². The summed E-state index contributed by atoms with van der Waals surface area (Å²) in [6.07, 6.45) is 5.41. The Bertz CT molecular complexity index is 4740. The van der Waals surface area contributed by atoms with Gasteiger partial charge in [-0.15, -0.1) is 0 Å². The Labute approximate surface area is 678 Å². The van der Waals surface area contributed by atoms with Crippen molar-refractivity contribution in [3.05, 3.63) is 264 Å². The van der Waals surface area contributed by atoms with Crippen molar-refractivity contribution in [2.75, 3.05) is 75.1 Å². The van der Waals surface area contributed by atoms with Crippen LogP contribution in [0.15, 0.2) is 214 Å². The van der Waals surface area contributed by atoms with Crippen molar-refractivity contribution in [2.45, 2.75) is 103 Å². The summed E-state index contributed by atoms with van der Waals surface area (Å²) in [5, 5.41) is 83.8. The molecule has 9 aromatic rings. The zero-order valence-electron chi connectivity index (χ0n) is 61.8. The average molecular weight is 1740 g/mol. The van der Waals surface area contributed by atoms with E-state index in [1.54, 1.807) is 72.4 Å². The molecule has 113 heavy (non-hydrogen) atoms. The number of pyridine rings is 3. The first-order valence-corrected chi connectivity index (χ1v) is 39.1. The number of aliphatic carboxylic acids is 1. The summed E-state index contributed by atoms with van der Waals surface area (Å²) >= 11 is 10.4. The number of methoxy groups -OCH3 is 3. The number of fused-ring (bicyclic) bond motifs is 9. The van der Waals surface area contributed by atoms with Gasteiger partial charge in [-0.3, -0.25) is 29.3 Å². The van der Waals surface area contributed by atoms with Gasteiger partial charge < -0.3 is 88.2 Å². The molecule has 9 aliphatic rings. The van der Waals surface area contributed by atoms with Gasteiger partial charge in [0.2, 0.25) is 11.8 Å². The van der Waals surface area contributed by atoms with Crippen molar-refractivity contribution in [3.63, 3.8) is 0 Å². The highest BCUT2D eigenvalue weighted by molar-refractivity contribution is 9.11. The molecular formula is C86H88Br3N5O19. The summed E-state index contributed by atoms with van der Waals surface area (Å²) in [5.74, 6) is -5.11. The molecule has 3 aromatic heterocycles. The highest BCUT2D eigenvalue weighted by Gasteiger charge is 2.81. The van der Waals surface area contributed by atoms with E-state index in [-0.39, 0.29) is 71.0 Å². The summed E-state index contributed by atoms with van der Waals surface area (Å²) in [6.45, 7) is 5.95. The van der Waals surface area contributed by atoms with Gasteiger partial charge in [0.05, 0.1) is 145 Å². The normalized spacial score (nSPS) is 29.6. The standard InChI is InChI=1S/2C28H27BrN2O6.C24H20BrNO6.C5H10O.CH4/c2*1-31(19-14-36-15-19)26(33)22-23(16-6-4-3-5-7-16)28(17-8-10-18(29)11-9-17)27(34,25(22)32)24-20(35-2)12-30-13-21(24)37-28;1-31-16-11-26-12-17-20(16)23(30)21(27)18(22(28)29)19(13-5-3-2-4-6-13)24(23,32-17)14-7-9-15(25)10-8-14;1-2-5-3-6-4-5;/h2*3-13,19,22-23,25,32,34H,14-15H2,1-2H3;2-12,18-19,21,27,30H,1H3,(H,28,29);5H,2-4H2,1H3;1H4/t2*22-,23-,25-,27+,28+;18-,19-,21-,23+,24+;;/m111../s1. The van der Waals surface area contributed by atoms with Crippen molar-refractivity contribution in [2.24, 2.45) is 23.7 Å². The molecular weight excluding hydrogens is 1650 g/mol. The van der Waals surface area contributed by atoms with Gasteiger partial charge in [-0.05, 0) is 76.2 Å². The summed E-state index contributed by atoms with van der Waals surface area (Å²) in [4.78, 5) is 56.6. The molecule has 6 fully saturated rings. The number of aliphatic hydroxyl groups excluding tert-OH is 3. The number of hydrogen-bond donors (Lipinski definition) is 7. The molecule has 6 aliphatic heterocycles. The molecule has 0 bridgehead atoms. The summed E-state index contributed by atoms with van der Waals surface area (Å²) in [6, 6.07) is 49.6. The fraction of sp³-hybridized carbons (Fsp3) is 0.372. The minimum atomic E-state index is -2.12. The molecule has 3 aliphatic carbocycles. The number of nitrogens with zero attached hydrogens (tertiary/aromatic N) is 5. The van der Waals surface area contributed by atoms with Crippen LogP contribution in [0.3, 0.4) is 0 Å². The van der Waals surface area contributed by atoms with Crippen molar-refractivity contribution in [1.82, 2.24) is 24.8 Å². The molecule has 24 nitrogen and oxygen atoms in total. The number of carbonyl (C=O) groups is 3. The third kappa shape index (κ3) is 12.4. The maximum atomic E-state index is 14.1. The lowest BCUT2D eigenvalue weighted by atomic mass is 9.70. The zero-order valence-corrected chi connectivity index (χ0v) is 66.6. The molecule has 15 atom stereocenters. The summed E-state index contributed by atoms with van der Waals surface area (Å²) in [5.41, 5.74) is -6.25. The Morgan fingerprint density at radius 1 is 0.434 bits per heavy atom. The van der Waals surface area contributed by atoms with E-state index < -0.39 is 93.4 Å². The number of benzene rings is 6. The first-order valence-electron chi connectivity index (χ1n) is 36.8. The molecule has 0 radical (unpaired) electrons. The molecule has 27 heteroatoms. The van der Waals surface area contributed by atoms with Crippen molar-refractivity contribution in [1.29, 1.82) is 0 Å². The van der Waals surface area contributed by atoms with Gasteiger partial charge in [0, 0.05) is 51.2 Å². The lowest BCUT2D eigenvalue weighted by Gasteiger charge is -2.41. The van der Waals surface area contributed by atoms with Gasteiger partial charge in [-0.1, -0.05) is 190 Å². The average Bonchev–Trinajstić information content (AvgIpc) is 1.51. The lowest BCUT2D eigenvalue weighted by molar-refractivity contribution is -0.161. The number of aromatic nitrogens is 3. The Kier molecular flexibility index (Phi) is 22.6. The van der Waals surface area contributed by atoms with Crippen LogP contribution in [0.4, 0.5) is 0 Å². The smallest absolute Gasteiger partial charge is 0.310 e. The van der Waals surface area contributed by atoms with Gasteiger partial charge in [-0.25, -0.2) is 0 Å². The number of hydrogen-bond acceptors (Lipinski definition) is 21. The minimum absolute atomic E-state index is 0. The van der Waals surface area contributed by atoms with Crippen molar-refractivity contribution < 1.29 is 92.8 Å². The van der Waals surface area contributed by atoms with Crippen LogP contribution in [0.25, 0.3) is 0 Å². The number of ether oxygens (including phenoxy) is 9. The van der Waals surface area contributed by atoms with E-state index in [0.717, 1.165) is 43.7 Å². The highest BCUT2D eigenvalue weighted by atomic mass is 79.9. The van der Waals surface area contributed by atoms with Gasteiger partial charge >= 0.3 is 5.97 Å². The molecule has 0 unspecified atom stereocenters. The van der Waals surface area contributed by atoms with Crippen molar-refractivity contribution in [3.8, 4) is 34.5 Å². The Balaban J connectivity index is 0.000000135. The first kappa shape index (κ1) is 80.7. The predicted molar refractivity (Wildman–Crippen MR) is 423 cm³/mol. The van der Waals surface area contributed by atoms with E-state index in [4.69, 9.17) is 42.6 Å². The van der Waals surface area contributed by atoms with Gasteiger partial charge in [0.15, 0.2) is 33.6 Å². The van der Waals surface area contributed by atoms with E-state index in [1.807, 2.05) is 115 Å². The molecule has 9 heterocycles. The molecule has 3 saturated heterocycles. The zero-order chi connectivity index (χ0) is 79.0. The first-order chi connectivity index (χ1) is 54.0. The molecule has 2 amide bonds. The number of likely N-dealkylation sites (N-methyl/N-ethyl adjacent to an activating group) is 2. The highest BCUT2D eigenvalue weighted by Crippen LogP contribution is 2.73. The molecule has 592 valence electrons. The Hall–Kier alpha value is -8.94. The third-order valence-corrected chi connectivity index (χ3v) is 25.7. The second-order valence-corrected chi connectivity index (χ2v) is 32.2. The Morgan fingerprint density at radius 3 is 0.938 bits per heavy atom. The Morgan fingerprint density at radius 2 is 0.708 bits per heavy atom. The van der Waals surface area contributed by atoms with E-state index in [0.29, 0.717) is 60.2 Å². The number of amides is 2. The number of carboxylic acid groups (broad SMARTS) is 1. The quantitative estimate of drug-likeness (QED) is 0.0501. The number of carboxylic acids is 1. The number of rotatable bonds is 15. The van der Waals surface area contributed by atoms with Crippen LogP contribution in [0, 0.1) is 23.7 Å². The second kappa shape index (κ2) is 31.7. The monoisotopic (exact) mass is 1730 g/mol. The topological polar surface area (TPSA) is 321 Å². The predicted octanol–water partition coefficient (Wildman–Crippen LogP) is 10.8. The van der Waals surface area contributed by atoms with Crippen LogP contribution in [0.1, 0.15) is 88.6 Å². The molecule has 18 rings (SSSR count). The second-order valence-electron chi connectivity index (χ2n) is 29.5. The van der Waals surface area contributed by atoms with E-state index in [1.165, 1.54) is 64.9 Å².